The number of hydrogen-bond acceptors (Lipinski definition) is 4. The molecule has 0 bridgehead atoms. The van der Waals surface area contributed by atoms with Gasteiger partial charge < -0.3 is 15.0 Å². The Morgan fingerprint density at radius 1 is 1.18 bits per heavy atom. The van der Waals surface area contributed by atoms with E-state index in [9.17, 15) is 14.7 Å². The molecule has 5 rings (SSSR count). The van der Waals surface area contributed by atoms with Crippen LogP contribution in [0.15, 0.2) is 84.5 Å². The lowest BCUT2D eigenvalue weighted by Crippen LogP contribution is -2.33. The van der Waals surface area contributed by atoms with Crippen LogP contribution < -0.4 is 0 Å². The second-order valence-electron chi connectivity index (χ2n) is 8.40. The Bertz CT molecular complexity index is 1420. The average Bonchev–Trinajstić information content (AvgIpc) is 3.36. The summed E-state index contributed by atoms with van der Waals surface area (Å²) in [6.07, 6.45) is 5.46. The summed E-state index contributed by atoms with van der Waals surface area (Å²) in [5.74, 6) is -1.47. The Morgan fingerprint density at radius 2 is 1.97 bits per heavy atom. The topological polar surface area (TPSA) is 86.3 Å². The van der Waals surface area contributed by atoms with Gasteiger partial charge in [0.25, 0.3) is 5.91 Å². The molecule has 6 nitrogen and oxygen atoms in total. The molecule has 1 atom stereocenters. The van der Waals surface area contributed by atoms with Gasteiger partial charge in [0.1, 0.15) is 0 Å². The Kier molecular flexibility index (Phi) is 5.67. The van der Waals surface area contributed by atoms with Crippen molar-refractivity contribution in [1.29, 1.82) is 0 Å². The molecular formula is C27H22ClN3O3. The first kappa shape index (κ1) is 21.9. The second kappa shape index (κ2) is 8.80. The SMILES string of the molecule is Cc1ccc(C2C(C(=O)c3cccnc3)=C(O)C(=O)N2CCc2c[nH]c3cc(Cl)ccc23)cc1. The highest BCUT2D eigenvalue weighted by Gasteiger charge is 2.43. The summed E-state index contributed by atoms with van der Waals surface area (Å²) < 4.78 is 0. The minimum absolute atomic E-state index is 0.0764. The van der Waals surface area contributed by atoms with Gasteiger partial charge >= 0.3 is 0 Å². The highest BCUT2D eigenvalue weighted by atomic mass is 35.5. The summed E-state index contributed by atoms with van der Waals surface area (Å²) in [5.41, 5.74) is 4.16. The van der Waals surface area contributed by atoms with Crippen molar-refractivity contribution < 1.29 is 14.7 Å². The summed E-state index contributed by atoms with van der Waals surface area (Å²) >= 11 is 6.10. The van der Waals surface area contributed by atoms with Gasteiger partial charge in [-0.1, -0.05) is 47.5 Å². The molecule has 1 aliphatic rings. The van der Waals surface area contributed by atoms with E-state index in [0.29, 0.717) is 23.6 Å². The number of aliphatic hydroxyl groups excluding tert-OH is 1. The number of carbonyl (C=O) groups is 2. The molecule has 1 unspecified atom stereocenters. The minimum Gasteiger partial charge on any atom is -0.503 e. The van der Waals surface area contributed by atoms with Crippen LogP contribution in [0.5, 0.6) is 0 Å². The number of halogens is 1. The molecule has 0 fully saturated rings. The van der Waals surface area contributed by atoms with E-state index in [0.717, 1.165) is 27.6 Å². The van der Waals surface area contributed by atoms with E-state index in [1.165, 1.54) is 6.20 Å². The zero-order chi connectivity index (χ0) is 23.8. The largest absolute Gasteiger partial charge is 0.503 e. The van der Waals surface area contributed by atoms with Gasteiger partial charge in [-0.05, 0) is 48.7 Å². The first-order valence-corrected chi connectivity index (χ1v) is 11.3. The highest BCUT2D eigenvalue weighted by Crippen LogP contribution is 2.39. The molecule has 7 heteroatoms. The molecule has 1 amide bonds. The van der Waals surface area contributed by atoms with Crippen LogP contribution in [0.4, 0.5) is 0 Å². The van der Waals surface area contributed by atoms with Gasteiger partial charge in [0.15, 0.2) is 11.5 Å². The molecule has 0 saturated carbocycles. The van der Waals surface area contributed by atoms with Crippen molar-refractivity contribution in [3.63, 3.8) is 0 Å². The van der Waals surface area contributed by atoms with Crippen molar-refractivity contribution in [2.24, 2.45) is 0 Å². The summed E-state index contributed by atoms with van der Waals surface area (Å²) in [4.78, 5) is 35.4. The average molecular weight is 472 g/mol. The number of aromatic nitrogens is 2. The van der Waals surface area contributed by atoms with Crippen LogP contribution in [0.2, 0.25) is 5.02 Å². The third-order valence-electron chi connectivity index (χ3n) is 6.22. The molecule has 170 valence electrons. The summed E-state index contributed by atoms with van der Waals surface area (Å²) in [5, 5.41) is 12.5. The number of benzene rings is 2. The van der Waals surface area contributed by atoms with Crippen molar-refractivity contribution in [2.45, 2.75) is 19.4 Å². The smallest absolute Gasteiger partial charge is 0.290 e. The van der Waals surface area contributed by atoms with Crippen molar-refractivity contribution >= 4 is 34.2 Å². The number of nitrogens with one attached hydrogen (secondary N) is 1. The van der Waals surface area contributed by atoms with Crippen LogP contribution in [0.25, 0.3) is 10.9 Å². The number of carbonyl (C=O) groups excluding carboxylic acids is 2. The second-order valence-corrected chi connectivity index (χ2v) is 8.84. The third kappa shape index (κ3) is 3.86. The number of rotatable bonds is 6. The van der Waals surface area contributed by atoms with E-state index in [1.807, 2.05) is 55.6 Å². The lowest BCUT2D eigenvalue weighted by atomic mass is 9.93. The van der Waals surface area contributed by atoms with Gasteiger partial charge in [-0.3, -0.25) is 14.6 Å². The number of aliphatic hydroxyl groups is 1. The van der Waals surface area contributed by atoms with Crippen LogP contribution >= 0.6 is 11.6 Å². The molecular weight excluding hydrogens is 450 g/mol. The number of ketones is 1. The van der Waals surface area contributed by atoms with Crippen LogP contribution in [-0.2, 0) is 11.2 Å². The van der Waals surface area contributed by atoms with Crippen molar-refractivity contribution in [3.05, 3.63) is 112 Å². The van der Waals surface area contributed by atoms with Gasteiger partial charge in [0.05, 0.1) is 11.6 Å². The molecule has 1 aliphatic heterocycles. The zero-order valence-corrected chi connectivity index (χ0v) is 19.2. The predicted octanol–water partition coefficient (Wildman–Crippen LogP) is 5.35. The lowest BCUT2D eigenvalue weighted by molar-refractivity contribution is -0.129. The third-order valence-corrected chi connectivity index (χ3v) is 6.45. The number of aryl methyl sites for hydroxylation is 1. The van der Waals surface area contributed by atoms with Crippen LogP contribution in [0, 0.1) is 6.92 Å². The summed E-state index contributed by atoms with van der Waals surface area (Å²) in [6.45, 7) is 2.29. The number of amides is 1. The molecule has 2 aromatic heterocycles. The van der Waals surface area contributed by atoms with Gasteiger partial charge in [-0.25, -0.2) is 0 Å². The molecule has 0 saturated heterocycles. The molecule has 4 aromatic rings. The molecule has 0 radical (unpaired) electrons. The van der Waals surface area contributed by atoms with Gasteiger partial charge in [-0.2, -0.15) is 0 Å². The fraction of sp³-hybridized carbons (Fsp3) is 0.148. The van der Waals surface area contributed by atoms with Gasteiger partial charge in [-0.15, -0.1) is 0 Å². The number of Topliss-reactive ketones (excluding diaryl/α,β-unsaturated/α-hetero) is 1. The highest BCUT2D eigenvalue weighted by molar-refractivity contribution is 6.31. The molecule has 2 aromatic carbocycles. The number of hydrogen-bond donors (Lipinski definition) is 2. The maximum Gasteiger partial charge on any atom is 0.290 e. The number of fused-ring (bicyclic) bond motifs is 1. The maximum absolute atomic E-state index is 13.4. The van der Waals surface area contributed by atoms with E-state index < -0.39 is 23.5 Å². The normalized spacial score (nSPS) is 16.0. The fourth-order valence-corrected chi connectivity index (χ4v) is 4.64. The molecule has 3 heterocycles. The van der Waals surface area contributed by atoms with Crippen LogP contribution in [-0.4, -0.2) is 38.2 Å². The molecule has 0 aliphatic carbocycles. The Balaban J connectivity index is 1.51. The standard InChI is InChI=1S/C27H22ClN3O3/c1-16-4-6-17(7-5-16)24-23(25(32)19-3-2-11-29-14-19)26(33)27(34)31(24)12-10-18-15-30-22-13-20(28)8-9-21(18)22/h2-9,11,13-15,24,30,33H,10,12H2,1H3. The first-order chi connectivity index (χ1) is 16.4. The van der Waals surface area contributed by atoms with Crippen LogP contribution in [0.3, 0.4) is 0 Å². The Morgan fingerprint density at radius 3 is 2.71 bits per heavy atom. The van der Waals surface area contributed by atoms with Crippen molar-refractivity contribution in [2.75, 3.05) is 6.54 Å². The minimum atomic E-state index is -0.694. The summed E-state index contributed by atoms with van der Waals surface area (Å²) in [6, 6.07) is 15.9. The van der Waals surface area contributed by atoms with E-state index >= 15 is 0 Å². The quantitative estimate of drug-likeness (QED) is 0.371. The zero-order valence-electron chi connectivity index (χ0n) is 18.5. The van der Waals surface area contributed by atoms with Gasteiger partial charge in [0.2, 0.25) is 0 Å². The maximum atomic E-state index is 13.4. The molecule has 0 spiro atoms. The molecule has 34 heavy (non-hydrogen) atoms. The fourth-order valence-electron chi connectivity index (χ4n) is 4.47. The van der Waals surface area contributed by atoms with E-state index in [1.54, 1.807) is 23.2 Å². The lowest BCUT2D eigenvalue weighted by Gasteiger charge is -2.27. The Hall–Kier alpha value is -3.90. The number of nitrogens with zero attached hydrogens (tertiary/aromatic N) is 2. The van der Waals surface area contributed by atoms with Crippen molar-refractivity contribution in [3.8, 4) is 0 Å². The van der Waals surface area contributed by atoms with E-state index in [4.69, 9.17) is 11.6 Å². The van der Waals surface area contributed by atoms with E-state index in [-0.39, 0.29) is 5.57 Å². The summed E-state index contributed by atoms with van der Waals surface area (Å²) in [7, 11) is 0. The van der Waals surface area contributed by atoms with E-state index in [2.05, 4.69) is 9.97 Å². The number of aromatic amines is 1. The number of pyridine rings is 1. The monoisotopic (exact) mass is 471 g/mol. The van der Waals surface area contributed by atoms with Gasteiger partial charge in [0, 0.05) is 46.6 Å². The first-order valence-electron chi connectivity index (χ1n) is 10.9. The van der Waals surface area contributed by atoms with Crippen molar-refractivity contribution in [1.82, 2.24) is 14.9 Å². The Labute approximate surface area is 201 Å². The predicted molar refractivity (Wildman–Crippen MR) is 131 cm³/mol. The number of H-pyrrole nitrogens is 1. The van der Waals surface area contributed by atoms with Crippen LogP contribution in [0.1, 0.15) is 33.1 Å². The molecule has 2 N–H and O–H groups in total.